The zero-order chi connectivity index (χ0) is 12.4. The quantitative estimate of drug-likeness (QED) is 0.468. The number of fused-ring (bicyclic) bond motifs is 1. The van der Waals surface area contributed by atoms with E-state index in [0.717, 1.165) is 6.20 Å². The number of aromatic nitrogens is 1. The van der Waals surface area contributed by atoms with Crippen LogP contribution in [0.25, 0.3) is 17.0 Å². The summed E-state index contributed by atoms with van der Waals surface area (Å²) in [4.78, 5) is 13.6. The van der Waals surface area contributed by atoms with E-state index in [9.17, 15) is 14.5 Å². The molecule has 6 heteroatoms. The Bertz CT molecular complexity index is 628. The highest BCUT2D eigenvalue weighted by atomic mass is 35.5. The van der Waals surface area contributed by atoms with Crippen molar-refractivity contribution in [2.75, 3.05) is 0 Å². The van der Waals surface area contributed by atoms with E-state index in [0.29, 0.717) is 16.5 Å². The first-order valence-corrected chi connectivity index (χ1v) is 5.01. The third-order valence-corrected chi connectivity index (χ3v) is 2.44. The summed E-state index contributed by atoms with van der Waals surface area (Å²) in [6, 6.07) is 5.62. The summed E-state index contributed by atoms with van der Waals surface area (Å²) in [5.41, 5.74) is 0.913. The second-order valence-electron chi connectivity index (χ2n) is 3.31. The van der Waals surface area contributed by atoms with Crippen LogP contribution in [0.5, 0.6) is 0 Å². The Hall–Kier alpha value is -2.01. The Morgan fingerprint density at radius 1 is 1.41 bits per heavy atom. The minimum Gasteiger partial charge on any atom is -0.259 e. The topological polar surface area (TPSA) is 56.0 Å². The molecule has 0 N–H and O–H groups in total. The van der Waals surface area contributed by atoms with Gasteiger partial charge in [0.15, 0.2) is 0 Å². The van der Waals surface area contributed by atoms with Crippen molar-refractivity contribution in [2.24, 2.45) is 0 Å². The molecule has 0 aliphatic heterocycles. The molecular formula is C11H6ClFN2O2. The normalized spacial score (nSPS) is 11.2. The molecule has 0 fully saturated rings. The maximum Gasteiger partial charge on any atom is 0.235 e. The highest BCUT2D eigenvalue weighted by Gasteiger charge is 2.04. The van der Waals surface area contributed by atoms with Crippen LogP contribution in [0.2, 0.25) is 5.15 Å². The Kier molecular flexibility index (Phi) is 3.01. The highest BCUT2D eigenvalue weighted by Crippen LogP contribution is 2.22. The van der Waals surface area contributed by atoms with E-state index >= 15 is 0 Å². The zero-order valence-corrected chi connectivity index (χ0v) is 9.19. The molecule has 0 atom stereocenters. The van der Waals surface area contributed by atoms with Gasteiger partial charge in [-0.1, -0.05) is 11.6 Å². The van der Waals surface area contributed by atoms with Gasteiger partial charge < -0.3 is 0 Å². The lowest BCUT2D eigenvalue weighted by atomic mass is 10.1. The minimum atomic E-state index is -0.605. The van der Waals surface area contributed by atoms with Gasteiger partial charge in [-0.2, -0.15) is 0 Å². The average molecular weight is 253 g/mol. The molecule has 1 aromatic heterocycles. The molecule has 0 radical (unpaired) electrons. The second-order valence-corrected chi connectivity index (χ2v) is 3.66. The van der Waals surface area contributed by atoms with Crippen molar-refractivity contribution in [3.63, 3.8) is 0 Å². The molecule has 86 valence electrons. The molecule has 0 saturated heterocycles. The van der Waals surface area contributed by atoms with Gasteiger partial charge in [0.2, 0.25) is 6.20 Å². The molecule has 1 aromatic carbocycles. The summed E-state index contributed by atoms with van der Waals surface area (Å²) in [5.74, 6) is -0.397. The van der Waals surface area contributed by atoms with E-state index in [-0.39, 0.29) is 5.15 Å². The van der Waals surface area contributed by atoms with E-state index < -0.39 is 10.7 Å². The van der Waals surface area contributed by atoms with Crippen LogP contribution in [0.15, 0.2) is 30.5 Å². The van der Waals surface area contributed by atoms with E-state index in [4.69, 9.17) is 11.6 Å². The smallest absolute Gasteiger partial charge is 0.235 e. The van der Waals surface area contributed by atoms with Crippen molar-refractivity contribution in [1.82, 2.24) is 4.98 Å². The first-order valence-electron chi connectivity index (χ1n) is 4.64. The Balaban J connectivity index is 2.57. The van der Waals surface area contributed by atoms with Crippen molar-refractivity contribution < 1.29 is 9.31 Å². The summed E-state index contributed by atoms with van der Waals surface area (Å²) in [6.07, 6.45) is 1.98. The molecule has 0 aliphatic rings. The third kappa shape index (κ3) is 2.57. The average Bonchev–Trinajstić information content (AvgIpc) is 2.26. The summed E-state index contributed by atoms with van der Waals surface area (Å²) in [6.45, 7) is 0. The first kappa shape index (κ1) is 11.5. The number of halogens is 2. The lowest BCUT2D eigenvalue weighted by Crippen LogP contribution is -1.87. The van der Waals surface area contributed by atoms with Crippen molar-refractivity contribution in [3.8, 4) is 0 Å². The molecule has 0 amide bonds. The van der Waals surface area contributed by atoms with Crippen molar-refractivity contribution in [2.45, 2.75) is 0 Å². The van der Waals surface area contributed by atoms with Gasteiger partial charge in [-0.05, 0) is 24.3 Å². The number of nitrogens with zero attached hydrogens (tertiary/aromatic N) is 2. The summed E-state index contributed by atoms with van der Waals surface area (Å²) < 4.78 is 13.0. The zero-order valence-electron chi connectivity index (χ0n) is 8.43. The van der Waals surface area contributed by atoms with Gasteiger partial charge >= 0.3 is 0 Å². The van der Waals surface area contributed by atoms with E-state index in [1.54, 1.807) is 6.07 Å². The number of nitro groups is 1. The SMILES string of the molecule is O=[N+]([O-])/C=C/c1cc2cc(F)ccc2nc1Cl. The largest absolute Gasteiger partial charge is 0.259 e. The number of rotatable bonds is 2. The molecule has 0 bridgehead atoms. The van der Waals surface area contributed by atoms with Gasteiger partial charge in [0.05, 0.1) is 10.4 Å². The van der Waals surface area contributed by atoms with Crippen LogP contribution < -0.4 is 0 Å². The van der Waals surface area contributed by atoms with Crippen LogP contribution in [0.4, 0.5) is 4.39 Å². The fourth-order valence-electron chi connectivity index (χ4n) is 1.40. The summed E-state index contributed by atoms with van der Waals surface area (Å²) >= 11 is 5.85. The van der Waals surface area contributed by atoms with Crippen LogP contribution in [0, 0.1) is 15.9 Å². The maximum absolute atomic E-state index is 13.0. The van der Waals surface area contributed by atoms with Gasteiger partial charge in [0.25, 0.3) is 0 Å². The Labute approximate surface area is 100 Å². The van der Waals surface area contributed by atoms with Crippen LogP contribution >= 0.6 is 11.6 Å². The molecule has 2 aromatic rings. The number of pyridine rings is 1. The minimum absolute atomic E-state index is 0.141. The lowest BCUT2D eigenvalue weighted by molar-refractivity contribution is -0.400. The second kappa shape index (κ2) is 4.47. The van der Waals surface area contributed by atoms with E-state index in [1.165, 1.54) is 24.3 Å². The monoisotopic (exact) mass is 252 g/mol. The van der Waals surface area contributed by atoms with Gasteiger partial charge in [-0.25, -0.2) is 9.37 Å². The number of benzene rings is 1. The van der Waals surface area contributed by atoms with Crippen molar-refractivity contribution in [1.29, 1.82) is 0 Å². The lowest BCUT2D eigenvalue weighted by Gasteiger charge is -2.01. The predicted octanol–water partition coefficient (Wildman–Crippen LogP) is 3.27. The fourth-order valence-corrected chi connectivity index (χ4v) is 1.61. The number of hydrogen-bond donors (Lipinski definition) is 0. The highest BCUT2D eigenvalue weighted by molar-refractivity contribution is 6.31. The predicted molar refractivity (Wildman–Crippen MR) is 62.7 cm³/mol. The van der Waals surface area contributed by atoms with Crippen molar-refractivity contribution in [3.05, 3.63) is 57.1 Å². The van der Waals surface area contributed by atoms with Gasteiger partial charge in [0, 0.05) is 17.0 Å². The molecule has 1 heterocycles. The first-order chi connectivity index (χ1) is 8.06. The Morgan fingerprint density at radius 2 is 2.18 bits per heavy atom. The number of hydrogen-bond acceptors (Lipinski definition) is 3. The van der Waals surface area contributed by atoms with Crippen LogP contribution in [-0.2, 0) is 0 Å². The summed E-state index contributed by atoms with van der Waals surface area (Å²) in [5, 5.41) is 10.9. The fraction of sp³-hybridized carbons (Fsp3) is 0. The van der Waals surface area contributed by atoms with E-state index in [2.05, 4.69) is 4.98 Å². The van der Waals surface area contributed by atoms with Crippen molar-refractivity contribution >= 4 is 28.6 Å². The summed E-state index contributed by atoms with van der Waals surface area (Å²) in [7, 11) is 0. The molecule has 17 heavy (non-hydrogen) atoms. The van der Waals surface area contributed by atoms with Crippen LogP contribution in [0.1, 0.15) is 5.56 Å². The molecule has 0 unspecified atom stereocenters. The molecule has 0 aliphatic carbocycles. The van der Waals surface area contributed by atoms with Crippen LogP contribution in [-0.4, -0.2) is 9.91 Å². The van der Waals surface area contributed by atoms with E-state index in [1.807, 2.05) is 0 Å². The molecule has 0 saturated carbocycles. The third-order valence-electron chi connectivity index (χ3n) is 2.13. The van der Waals surface area contributed by atoms with Gasteiger partial charge in [-0.3, -0.25) is 10.1 Å². The molecule has 0 spiro atoms. The van der Waals surface area contributed by atoms with Crippen LogP contribution in [0.3, 0.4) is 0 Å². The van der Waals surface area contributed by atoms with Gasteiger partial charge in [0.1, 0.15) is 11.0 Å². The molecule has 2 rings (SSSR count). The molecular weight excluding hydrogens is 247 g/mol. The maximum atomic E-state index is 13.0. The standard InChI is InChI=1S/C11H6ClFN2O2/c12-11-7(3-4-15(16)17)5-8-6-9(13)1-2-10(8)14-11/h1-6H/b4-3+. The van der Waals surface area contributed by atoms with Gasteiger partial charge in [-0.15, -0.1) is 0 Å². The molecule has 4 nitrogen and oxygen atoms in total. The Morgan fingerprint density at radius 3 is 2.88 bits per heavy atom.